The van der Waals surface area contributed by atoms with Crippen LogP contribution >= 0.6 is 0 Å². The SMILES string of the molecule is CC1C=C(C(=O)O)[C@H]2CC[C@@H]1N2C.O=C(O)/C=C/C(=O)O. The second kappa shape index (κ2) is 7.03. The number of likely N-dealkylation sites (N-methyl/N-ethyl adjacent to an activating group) is 1. The van der Waals surface area contributed by atoms with Crippen molar-refractivity contribution < 1.29 is 29.7 Å². The third-order valence-corrected chi connectivity index (χ3v) is 3.77. The van der Waals surface area contributed by atoms with Crippen LogP contribution in [0.15, 0.2) is 23.8 Å². The highest BCUT2D eigenvalue weighted by Crippen LogP contribution is 2.37. The summed E-state index contributed by atoms with van der Waals surface area (Å²) in [5.41, 5.74) is 0.601. The van der Waals surface area contributed by atoms with Crippen molar-refractivity contribution in [2.24, 2.45) is 5.92 Å². The Morgan fingerprint density at radius 1 is 1.14 bits per heavy atom. The number of fused-ring (bicyclic) bond motifs is 2. The summed E-state index contributed by atoms with van der Waals surface area (Å²) in [6.07, 6.45) is 5.19. The molecule has 1 saturated heterocycles. The second-order valence-corrected chi connectivity index (χ2v) is 5.12. The van der Waals surface area contributed by atoms with Crippen LogP contribution < -0.4 is 0 Å². The summed E-state index contributed by atoms with van der Waals surface area (Å²) in [4.78, 5) is 32.3. The van der Waals surface area contributed by atoms with Crippen LogP contribution in [-0.4, -0.2) is 57.3 Å². The van der Waals surface area contributed by atoms with Crippen molar-refractivity contribution in [2.75, 3.05) is 7.05 Å². The van der Waals surface area contributed by atoms with Gasteiger partial charge in [-0.05, 0) is 25.8 Å². The molecule has 0 aromatic carbocycles. The zero-order valence-corrected chi connectivity index (χ0v) is 11.9. The Bertz CT molecular complexity index is 480. The van der Waals surface area contributed by atoms with Gasteiger partial charge in [0, 0.05) is 24.2 Å². The highest BCUT2D eigenvalue weighted by molar-refractivity contribution is 5.89. The molecular weight excluding hydrogens is 278 g/mol. The van der Waals surface area contributed by atoms with Gasteiger partial charge in [0.1, 0.15) is 0 Å². The summed E-state index contributed by atoms with van der Waals surface area (Å²) in [6.45, 7) is 2.10. The van der Waals surface area contributed by atoms with E-state index in [9.17, 15) is 14.4 Å². The van der Waals surface area contributed by atoms with Crippen molar-refractivity contribution in [3.8, 4) is 0 Å². The smallest absolute Gasteiger partial charge is 0.332 e. The standard InChI is InChI=1S/C10H15NO2.C4H4O4/c1-6-5-7(10(12)13)9-4-3-8(6)11(9)2;5-3(6)1-2-4(7)8/h5-6,8-9H,3-4H2,1-2H3,(H,12,13);1-2H,(H,5,6)(H,7,8)/b;2-1+/t6?,8-,9+;/m0./s1. The molecule has 0 amide bonds. The third-order valence-electron chi connectivity index (χ3n) is 3.77. The molecule has 0 aliphatic carbocycles. The molecule has 2 aliphatic rings. The van der Waals surface area contributed by atoms with E-state index in [1.165, 1.54) is 0 Å². The first-order valence-corrected chi connectivity index (χ1v) is 6.55. The first-order chi connectivity index (χ1) is 9.73. The van der Waals surface area contributed by atoms with Crippen molar-refractivity contribution in [1.29, 1.82) is 0 Å². The van der Waals surface area contributed by atoms with Gasteiger partial charge in [0.2, 0.25) is 0 Å². The lowest BCUT2D eigenvalue weighted by Gasteiger charge is -2.33. The number of hydrogen-bond acceptors (Lipinski definition) is 4. The number of carbonyl (C=O) groups is 3. The summed E-state index contributed by atoms with van der Waals surface area (Å²) in [7, 11) is 2.04. The van der Waals surface area contributed by atoms with E-state index in [-0.39, 0.29) is 6.04 Å². The summed E-state index contributed by atoms with van der Waals surface area (Å²) in [6, 6.07) is 0.729. The molecule has 0 aromatic heterocycles. The van der Waals surface area contributed by atoms with Crippen LogP contribution in [0.2, 0.25) is 0 Å². The van der Waals surface area contributed by atoms with E-state index >= 15 is 0 Å². The van der Waals surface area contributed by atoms with E-state index in [1.54, 1.807) is 0 Å². The maximum atomic E-state index is 10.9. The molecule has 0 radical (unpaired) electrons. The Morgan fingerprint density at radius 2 is 1.67 bits per heavy atom. The summed E-state index contributed by atoms with van der Waals surface area (Å²) >= 11 is 0. The maximum Gasteiger partial charge on any atom is 0.332 e. The Kier molecular flexibility index (Phi) is 5.66. The Balaban J connectivity index is 0.000000240. The van der Waals surface area contributed by atoms with Crippen LogP contribution in [0, 0.1) is 5.92 Å². The quantitative estimate of drug-likeness (QED) is 0.660. The Hall–Kier alpha value is -2.15. The fraction of sp³-hybridized carbons (Fsp3) is 0.500. The van der Waals surface area contributed by atoms with E-state index in [0.29, 0.717) is 29.7 Å². The number of carboxylic acid groups (broad SMARTS) is 3. The minimum atomic E-state index is -1.26. The van der Waals surface area contributed by atoms with Gasteiger partial charge in [-0.3, -0.25) is 4.90 Å². The van der Waals surface area contributed by atoms with Gasteiger partial charge in [0.15, 0.2) is 0 Å². The molecule has 0 saturated carbocycles. The summed E-state index contributed by atoms with van der Waals surface area (Å²) < 4.78 is 0. The van der Waals surface area contributed by atoms with E-state index < -0.39 is 17.9 Å². The van der Waals surface area contributed by atoms with E-state index in [1.807, 2.05) is 13.1 Å². The molecule has 7 heteroatoms. The van der Waals surface area contributed by atoms with Crippen LogP contribution in [0.1, 0.15) is 19.8 Å². The van der Waals surface area contributed by atoms with Gasteiger partial charge in [0.05, 0.1) is 5.57 Å². The molecule has 2 heterocycles. The van der Waals surface area contributed by atoms with Gasteiger partial charge in [-0.15, -0.1) is 0 Å². The van der Waals surface area contributed by atoms with Crippen LogP contribution in [-0.2, 0) is 14.4 Å². The summed E-state index contributed by atoms with van der Waals surface area (Å²) in [5.74, 6) is -2.88. The maximum absolute atomic E-state index is 10.9. The number of carboxylic acids is 3. The minimum Gasteiger partial charge on any atom is -0.478 e. The number of hydrogen-bond donors (Lipinski definition) is 3. The van der Waals surface area contributed by atoms with Gasteiger partial charge in [-0.2, -0.15) is 0 Å². The average molecular weight is 297 g/mol. The lowest BCUT2D eigenvalue weighted by molar-refractivity contribution is -0.134. The molecule has 0 aromatic rings. The van der Waals surface area contributed by atoms with Gasteiger partial charge < -0.3 is 15.3 Å². The Labute approximate surface area is 122 Å². The number of aliphatic carboxylic acids is 3. The molecule has 3 atom stereocenters. The number of rotatable bonds is 3. The van der Waals surface area contributed by atoms with Crippen LogP contribution in [0.25, 0.3) is 0 Å². The predicted molar refractivity (Wildman–Crippen MR) is 73.9 cm³/mol. The highest BCUT2D eigenvalue weighted by Gasteiger charge is 2.41. The van der Waals surface area contributed by atoms with E-state index in [2.05, 4.69) is 11.8 Å². The van der Waals surface area contributed by atoms with Gasteiger partial charge in [0.25, 0.3) is 0 Å². The lowest BCUT2D eigenvalue weighted by atomic mass is 9.94. The molecule has 2 aliphatic heterocycles. The lowest BCUT2D eigenvalue weighted by Crippen LogP contribution is -2.42. The highest BCUT2D eigenvalue weighted by atomic mass is 16.4. The fourth-order valence-corrected chi connectivity index (χ4v) is 2.84. The van der Waals surface area contributed by atoms with Crippen molar-refractivity contribution >= 4 is 17.9 Å². The van der Waals surface area contributed by atoms with Crippen molar-refractivity contribution in [3.63, 3.8) is 0 Å². The molecule has 7 nitrogen and oxygen atoms in total. The second-order valence-electron chi connectivity index (χ2n) is 5.12. The normalized spacial score (nSPS) is 27.7. The molecular formula is C14H19NO6. The van der Waals surface area contributed by atoms with Crippen molar-refractivity contribution in [2.45, 2.75) is 31.8 Å². The largest absolute Gasteiger partial charge is 0.478 e. The first-order valence-electron chi connectivity index (χ1n) is 6.55. The average Bonchev–Trinajstić information content (AvgIpc) is 2.64. The zero-order chi connectivity index (χ0) is 16.2. The van der Waals surface area contributed by atoms with Crippen molar-refractivity contribution in [1.82, 2.24) is 4.90 Å². The molecule has 0 spiro atoms. The van der Waals surface area contributed by atoms with Gasteiger partial charge >= 0.3 is 17.9 Å². The number of nitrogens with zero attached hydrogens (tertiary/aromatic N) is 1. The van der Waals surface area contributed by atoms with Gasteiger partial charge in [-0.1, -0.05) is 13.0 Å². The summed E-state index contributed by atoms with van der Waals surface area (Å²) in [5, 5.41) is 24.6. The van der Waals surface area contributed by atoms with Crippen LogP contribution in [0.3, 0.4) is 0 Å². The third kappa shape index (κ3) is 4.42. The molecule has 2 rings (SSSR count). The minimum absolute atomic E-state index is 0.165. The van der Waals surface area contributed by atoms with Crippen LogP contribution in [0.4, 0.5) is 0 Å². The molecule has 116 valence electrons. The van der Waals surface area contributed by atoms with Crippen LogP contribution in [0.5, 0.6) is 0 Å². The molecule has 3 N–H and O–H groups in total. The molecule has 1 fully saturated rings. The molecule has 2 bridgehead atoms. The monoisotopic (exact) mass is 297 g/mol. The van der Waals surface area contributed by atoms with E-state index in [0.717, 1.165) is 12.8 Å². The first kappa shape index (κ1) is 16.9. The fourth-order valence-electron chi connectivity index (χ4n) is 2.84. The Morgan fingerprint density at radius 3 is 2.10 bits per heavy atom. The molecule has 1 unspecified atom stereocenters. The zero-order valence-electron chi connectivity index (χ0n) is 11.9. The van der Waals surface area contributed by atoms with Gasteiger partial charge in [-0.25, -0.2) is 14.4 Å². The van der Waals surface area contributed by atoms with Crippen molar-refractivity contribution in [3.05, 3.63) is 23.8 Å². The topological polar surface area (TPSA) is 115 Å². The predicted octanol–water partition coefficient (Wildman–Crippen LogP) is 0.822. The molecule has 21 heavy (non-hydrogen) atoms. The van der Waals surface area contributed by atoms with E-state index in [4.69, 9.17) is 15.3 Å².